The van der Waals surface area contributed by atoms with Crippen molar-refractivity contribution in [2.45, 2.75) is 66.0 Å². The zero-order valence-corrected chi connectivity index (χ0v) is 14.7. The summed E-state index contributed by atoms with van der Waals surface area (Å²) in [6.07, 6.45) is 1.17. The highest BCUT2D eigenvalue weighted by Gasteiger charge is 2.46. The van der Waals surface area contributed by atoms with Gasteiger partial charge in [0.25, 0.3) is 0 Å². The van der Waals surface area contributed by atoms with Gasteiger partial charge in [0.1, 0.15) is 0 Å². The third kappa shape index (κ3) is 3.34. The van der Waals surface area contributed by atoms with E-state index in [1.54, 1.807) is 0 Å². The third-order valence-corrected chi connectivity index (χ3v) is 8.11. The summed E-state index contributed by atoms with van der Waals surface area (Å²) in [5.41, 5.74) is 0.128. The average molecular weight is 292 g/mol. The lowest BCUT2D eigenvalue weighted by Gasteiger charge is -2.54. The molecular formula is C13H29N2OPS. The minimum atomic E-state index is -2.08. The van der Waals surface area contributed by atoms with Gasteiger partial charge in [-0.1, -0.05) is 0 Å². The smallest absolute Gasteiger partial charge is 0.204 e. The summed E-state index contributed by atoms with van der Waals surface area (Å²) in [6, 6.07) is 0. The maximum atomic E-state index is 6.13. The molecule has 0 aliphatic carbocycles. The van der Waals surface area contributed by atoms with Gasteiger partial charge in [0, 0.05) is 24.2 Å². The van der Waals surface area contributed by atoms with E-state index in [0.29, 0.717) is 6.61 Å². The SMILES string of the molecule is CCOP1(=S)N(C(C)(C)C)CCCN1C(C)(C)C. The molecule has 0 radical (unpaired) electrons. The molecule has 0 N–H and O–H groups in total. The van der Waals surface area contributed by atoms with Gasteiger partial charge in [-0.25, -0.2) is 9.34 Å². The molecule has 0 spiro atoms. The van der Waals surface area contributed by atoms with Gasteiger partial charge in [-0.15, -0.1) is 0 Å². The Morgan fingerprint density at radius 1 is 1.00 bits per heavy atom. The van der Waals surface area contributed by atoms with Crippen molar-refractivity contribution in [3.05, 3.63) is 0 Å². The fourth-order valence-corrected chi connectivity index (χ4v) is 7.95. The first-order valence-corrected chi connectivity index (χ1v) is 9.47. The van der Waals surface area contributed by atoms with Crippen molar-refractivity contribution in [1.29, 1.82) is 0 Å². The van der Waals surface area contributed by atoms with Crippen LogP contribution in [-0.2, 0) is 16.3 Å². The summed E-state index contributed by atoms with van der Waals surface area (Å²) in [6.45, 7) is 16.2. The number of hydrogen-bond acceptors (Lipinski definition) is 2. The first-order valence-electron chi connectivity index (χ1n) is 6.84. The average Bonchev–Trinajstić information content (AvgIpc) is 2.13. The predicted molar refractivity (Wildman–Crippen MR) is 83.4 cm³/mol. The lowest BCUT2D eigenvalue weighted by atomic mass is 10.1. The van der Waals surface area contributed by atoms with Crippen LogP contribution in [0.25, 0.3) is 0 Å². The molecule has 0 bridgehead atoms. The summed E-state index contributed by atoms with van der Waals surface area (Å²) in [5, 5.41) is 0. The number of hydrogen-bond donors (Lipinski definition) is 0. The van der Waals surface area contributed by atoms with Crippen molar-refractivity contribution in [2.75, 3.05) is 19.7 Å². The van der Waals surface area contributed by atoms with Crippen molar-refractivity contribution in [3.63, 3.8) is 0 Å². The highest BCUT2D eigenvalue weighted by molar-refractivity contribution is 8.10. The quantitative estimate of drug-likeness (QED) is 0.718. The van der Waals surface area contributed by atoms with Crippen LogP contribution in [0.3, 0.4) is 0 Å². The highest BCUT2D eigenvalue weighted by atomic mass is 32.5. The van der Waals surface area contributed by atoms with Gasteiger partial charge >= 0.3 is 0 Å². The zero-order valence-electron chi connectivity index (χ0n) is 13.0. The van der Waals surface area contributed by atoms with Crippen LogP contribution < -0.4 is 0 Å². The molecule has 0 atom stereocenters. The van der Waals surface area contributed by atoms with Crippen LogP contribution in [0.1, 0.15) is 54.9 Å². The van der Waals surface area contributed by atoms with Crippen LogP contribution in [0.5, 0.6) is 0 Å². The van der Waals surface area contributed by atoms with Gasteiger partial charge in [0.2, 0.25) is 6.57 Å². The van der Waals surface area contributed by atoms with E-state index in [4.69, 9.17) is 16.3 Å². The Labute approximate surface area is 118 Å². The summed E-state index contributed by atoms with van der Waals surface area (Å²) in [5.74, 6) is 0. The molecule has 1 aliphatic heterocycles. The molecule has 1 rings (SSSR count). The Balaban J connectivity index is 3.18. The third-order valence-electron chi connectivity index (χ3n) is 3.20. The Kier molecular flexibility index (Phi) is 5.06. The Morgan fingerprint density at radius 3 is 1.67 bits per heavy atom. The molecule has 0 saturated carbocycles. The van der Waals surface area contributed by atoms with Crippen LogP contribution in [0.2, 0.25) is 0 Å². The molecule has 18 heavy (non-hydrogen) atoms. The zero-order chi connectivity index (χ0) is 14.2. The van der Waals surface area contributed by atoms with Gasteiger partial charge < -0.3 is 4.52 Å². The normalized spacial score (nSPS) is 23.3. The first-order chi connectivity index (χ1) is 8.03. The largest absolute Gasteiger partial charge is 0.327 e. The van der Waals surface area contributed by atoms with Crippen LogP contribution in [0, 0.1) is 0 Å². The summed E-state index contributed by atoms with van der Waals surface area (Å²) in [4.78, 5) is 0. The fraction of sp³-hybridized carbons (Fsp3) is 1.00. The summed E-state index contributed by atoms with van der Waals surface area (Å²) in [7, 11) is 0. The molecule has 0 aromatic heterocycles. The van der Waals surface area contributed by atoms with Gasteiger partial charge in [0.05, 0.1) is 6.61 Å². The Bertz CT molecular complexity index is 307. The molecule has 1 aliphatic rings. The molecule has 5 heteroatoms. The van der Waals surface area contributed by atoms with Gasteiger partial charge in [-0.2, -0.15) is 0 Å². The van der Waals surface area contributed by atoms with E-state index in [9.17, 15) is 0 Å². The molecule has 1 heterocycles. The maximum absolute atomic E-state index is 6.13. The minimum Gasteiger partial charge on any atom is -0.327 e. The summed E-state index contributed by atoms with van der Waals surface area (Å²) >= 11 is 6.03. The highest BCUT2D eigenvalue weighted by Crippen LogP contribution is 2.62. The van der Waals surface area contributed by atoms with Crippen LogP contribution >= 0.6 is 6.57 Å². The second-order valence-corrected chi connectivity index (χ2v) is 10.5. The van der Waals surface area contributed by atoms with Crippen molar-refractivity contribution < 1.29 is 4.52 Å². The van der Waals surface area contributed by atoms with Crippen molar-refractivity contribution in [2.24, 2.45) is 0 Å². The number of rotatable bonds is 2. The van der Waals surface area contributed by atoms with E-state index in [1.807, 2.05) is 6.92 Å². The van der Waals surface area contributed by atoms with Crippen LogP contribution in [0.15, 0.2) is 0 Å². The van der Waals surface area contributed by atoms with E-state index >= 15 is 0 Å². The van der Waals surface area contributed by atoms with E-state index in [-0.39, 0.29) is 11.1 Å². The van der Waals surface area contributed by atoms with Crippen molar-refractivity contribution in [3.8, 4) is 0 Å². The molecule has 0 aromatic rings. The second kappa shape index (κ2) is 5.49. The minimum absolute atomic E-state index is 0.0641. The molecular weight excluding hydrogens is 263 g/mol. The molecule has 0 amide bonds. The topological polar surface area (TPSA) is 15.7 Å². The van der Waals surface area contributed by atoms with E-state index in [1.165, 1.54) is 6.42 Å². The second-order valence-electron chi connectivity index (χ2n) is 6.85. The molecule has 1 fully saturated rings. The van der Waals surface area contributed by atoms with E-state index in [0.717, 1.165) is 13.1 Å². The monoisotopic (exact) mass is 292 g/mol. The first kappa shape index (κ1) is 16.6. The summed E-state index contributed by atoms with van der Waals surface area (Å²) < 4.78 is 11.0. The van der Waals surface area contributed by atoms with Gasteiger partial charge in [0.15, 0.2) is 0 Å². The molecule has 3 nitrogen and oxygen atoms in total. The Hall–Kier alpha value is 0.530. The molecule has 108 valence electrons. The van der Waals surface area contributed by atoms with Crippen molar-refractivity contribution in [1.82, 2.24) is 9.34 Å². The molecule has 0 aromatic carbocycles. The molecule has 1 saturated heterocycles. The maximum Gasteiger partial charge on any atom is 0.204 e. The number of nitrogens with zero attached hydrogens (tertiary/aromatic N) is 2. The lowest BCUT2D eigenvalue weighted by Crippen LogP contribution is -2.53. The van der Waals surface area contributed by atoms with Crippen LogP contribution in [-0.4, -0.2) is 40.1 Å². The van der Waals surface area contributed by atoms with Gasteiger partial charge in [-0.3, -0.25) is 0 Å². The van der Waals surface area contributed by atoms with Crippen LogP contribution in [0.4, 0.5) is 0 Å². The standard InChI is InChI=1S/C13H29N2OPS/c1-8-16-17(18)14(12(2,3)4)10-9-11-15(17)13(5,6)7/h8-11H2,1-7H3. The van der Waals surface area contributed by atoms with E-state index < -0.39 is 6.57 Å². The van der Waals surface area contributed by atoms with Crippen molar-refractivity contribution >= 4 is 18.4 Å². The lowest BCUT2D eigenvalue weighted by molar-refractivity contribution is 0.123. The van der Waals surface area contributed by atoms with Gasteiger partial charge in [-0.05, 0) is 66.7 Å². The Morgan fingerprint density at radius 2 is 1.39 bits per heavy atom. The van der Waals surface area contributed by atoms with E-state index in [2.05, 4.69) is 50.9 Å². The predicted octanol–water partition coefficient (Wildman–Crippen LogP) is 3.85. The molecule has 0 unspecified atom stereocenters. The fourth-order valence-electron chi connectivity index (χ4n) is 2.49.